The molecule has 0 aromatic heterocycles. The Morgan fingerprint density at radius 1 is 0.416 bits per heavy atom. The van der Waals surface area contributed by atoms with Crippen LogP contribution in [0.1, 0.15) is 156 Å². The van der Waals surface area contributed by atoms with Gasteiger partial charge in [0.2, 0.25) is 70.9 Å². The molecule has 0 unspecified atom stereocenters. The summed E-state index contributed by atoms with van der Waals surface area (Å²) in [5.74, 6) is -17.6. The Labute approximate surface area is 658 Å². The number of rotatable bonds is 50. The van der Waals surface area contributed by atoms with E-state index in [4.69, 9.17) is 17.2 Å². The molecule has 0 radical (unpaired) electrons. The lowest BCUT2D eigenvalue weighted by atomic mass is 9.98. The summed E-state index contributed by atoms with van der Waals surface area (Å²) in [6.45, 7) is 12.5. The van der Waals surface area contributed by atoms with Gasteiger partial charge in [-0.05, 0) is 143 Å². The first-order valence-electron chi connectivity index (χ1n) is 38.4. The molecular formula is C78H117N15O20. The number of nitrogens with one attached hydrogen (secondary N) is 11. The molecule has 0 bridgehead atoms. The second kappa shape index (κ2) is 48.3. The third-order valence-corrected chi connectivity index (χ3v) is 19.0. The molecule has 624 valence electrons. The highest BCUT2D eigenvalue weighted by atomic mass is 16.4. The van der Waals surface area contributed by atoms with Crippen molar-refractivity contribution in [2.75, 3.05) is 26.2 Å². The van der Waals surface area contributed by atoms with Gasteiger partial charge in [0.05, 0.1) is 12.6 Å². The number of carboxylic acid groups (broad SMARTS) is 3. The van der Waals surface area contributed by atoms with Gasteiger partial charge in [-0.3, -0.25) is 67.1 Å². The second-order valence-corrected chi connectivity index (χ2v) is 29.8. The van der Waals surface area contributed by atoms with Gasteiger partial charge in [0.1, 0.15) is 78.3 Å². The molecule has 22 N–H and O–H groups in total. The molecule has 35 nitrogen and oxygen atoms in total. The molecule has 1 heterocycles. The maximum atomic E-state index is 15.0. The van der Waals surface area contributed by atoms with Gasteiger partial charge in [0, 0.05) is 32.2 Å². The number of phenols is 1. The summed E-state index contributed by atoms with van der Waals surface area (Å²) in [4.78, 5) is 209. The van der Waals surface area contributed by atoms with Crippen molar-refractivity contribution in [3.63, 3.8) is 0 Å². The number of hydrogen-bond acceptors (Lipinski definition) is 20. The molecule has 1 saturated heterocycles. The molecule has 0 spiro atoms. The molecule has 35 heteroatoms. The number of amides is 12. The van der Waals surface area contributed by atoms with Gasteiger partial charge in [0.15, 0.2) is 0 Å². The first-order valence-corrected chi connectivity index (χ1v) is 38.4. The van der Waals surface area contributed by atoms with Crippen LogP contribution in [0, 0.1) is 23.7 Å². The molecule has 1 fully saturated rings. The molecule has 4 rings (SSSR count). The van der Waals surface area contributed by atoms with E-state index in [2.05, 4.69) is 58.5 Å². The molecule has 3 aromatic carbocycles. The topological polar surface area (TPSA) is 571 Å². The van der Waals surface area contributed by atoms with Gasteiger partial charge in [0.25, 0.3) is 0 Å². The summed E-state index contributed by atoms with van der Waals surface area (Å²) in [5, 5.41) is 78.2. The van der Waals surface area contributed by atoms with Gasteiger partial charge < -0.3 is 106 Å². The molecule has 3 aromatic rings. The van der Waals surface area contributed by atoms with E-state index in [0.29, 0.717) is 48.8 Å². The third kappa shape index (κ3) is 32.5. The van der Waals surface area contributed by atoms with Crippen LogP contribution in [0.15, 0.2) is 84.9 Å². The van der Waals surface area contributed by atoms with E-state index in [9.17, 15) is 92.7 Å². The Bertz CT molecular complexity index is 3660. The Kier molecular flexibility index (Phi) is 40.5. The smallest absolute Gasteiger partial charge is 0.326 e. The van der Waals surface area contributed by atoms with Crippen molar-refractivity contribution in [1.29, 1.82) is 0 Å². The van der Waals surface area contributed by atoms with Crippen LogP contribution >= 0.6 is 0 Å². The lowest BCUT2D eigenvalue weighted by molar-refractivity contribution is -0.144. The largest absolute Gasteiger partial charge is 0.508 e. The average molecular weight is 1580 g/mol. The molecule has 1 aliphatic rings. The van der Waals surface area contributed by atoms with Crippen LogP contribution in [0.25, 0.3) is 0 Å². The summed E-state index contributed by atoms with van der Waals surface area (Å²) in [6, 6.07) is 3.95. The zero-order chi connectivity index (χ0) is 84.2. The highest BCUT2D eigenvalue weighted by Gasteiger charge is 2.42. The first-order chi connectivity index (χ1) is 53.5. The number of carboxylic acids is 3. The molecule has 0 aliphatic carbocycles. The number of unbranched alkanes of at least 4 members (excludes halogenated alkanes) is 2. The number of nitrogens with two attached hydrogens (primary N) is 3. The standard InChI is InChI=1S/C78H117N15O20/c1-43(2)38-58(77(111)93-37-19-26-60(93)74(108)84-52(24-15-17-35-79)67(101)86-56(40-48-22-13-10-14-23-48)71(105)82-53(25-16-18-36-80)70(104)92-65(46(7)8)78(112)113)88-76(110)64(45(5)6)90-72(106)57(41-49-27-29-50(95)30-28-49)87-69(103)54(31-33-61(96)97)83-68(102)55(32-34-62(98)99)85-75(109)63(44(3)4)91-73(107)59(42-94)89-66(100)51(81)39-47-20-11-9-12-21-47/h9-14,20-23,27-30,43-46,51-60,63-65,94-95H,15-19,24-26,31-42,79-81H2,1-8H3,(H,82,105)(H,83,102)(H,84,108)(H,85,109)(H,86,101)(H,87,103)(H,88,110)(H,89,100)(H,90,106)(H,91,107)(H,92,104)(H,96,97)(H,98,99)(H,112,113)/t51-,52-,53-,54-,55-,56-,57-,58-,59-,60-,63-,64-,65-/m0/s1. The minimum atomic E-state index is -1.84. The van der Waals surface area contributed by atoms with Crippen molar-refractivity contribution < 1.29 is 97.5 Å². The minimum Gasteiger partial charge on any atom is -0.508 e. The van der Waals surface area contributed by atoms with Crippen LogP contribution in [-0.4, -0.2) is 224 Å². The van der Waals surface area contributed by atoms with Crippen LogP contribution in [0.5, 0.6) is 5.75 Å². The maximum Gasteiger partial charge on any atom is 0.326 e. The SMILES string of the molecule is CC(C)C[C@H](NC(=O)[C@@H](NC(=O)[C@H](Cc1ccc(O)cc1)NC(=O)[C@H](CCC(=O)O)NC(=O)[C@H](CCC(=O)O)NC(=O)[C@@H](NC(=O)[C@H](CO)NC(=O)[C@@H](N)Cc1ccccc1)C(C)C)C(C)C)C(=O)N1CCC[C@H]1C(=O)N[C@@H](CCCCN)C(=O)N[C@@H](Cc1ccccc1)C(=O)N[C@@H](CCCCN)C(=O)N[C@H](C(=O)O)C(C)C. The molecule has 0 saturated carbocycles. The predicted molar refractivity (Wildman–Crippen MR) is 414 cm³/mol. The van der Waals surface area contributed by atoms with Crippen LogP contribution in [-0.2, 0) is 91.2 Å². The molecule has 12 amide bonds. The van der Waals surface area contributed by atoms with E-state index in [1.807, 2.05) is 0 Å². The highest BCUT2D eigenvalue weighted by molar-refractivity contribution is 6.00. The van der Waals surface area contributed by atoms with E-state index in [-0.39, 0.29) is 76.2 Å². The third-order valence-electron chi connectivity index (χ3n) is 19.0. The lowest BCUT2D eigenvalue weighted by Crippen LogP contribution is -2.62. The van der Waals surface area contributed by atoms with Gasteiger partial charge in [-0.15, -0.1) is 0 Å². The average Bonchev–Trinajstić information content (AvgIpc) is 1.64. The fraction of sp³-hybridized carbons (Fsp3) is 0.577. The van der Waals surface area contributed by atoms with E-state index in [0.717, 1.165) is 0 Å². The lowest BCUT2D eigenvalue weighted by Gasteiger charge is -2.32. The van der Waals surface area contributed by atoms with Crippen molar-refractivity contribution in [1.82, 2.24) is 63.4 Å². The number of benzene rings is 3. The Morgan fingerprint density at radius 3 is 1.20 bits per heavy atom. The predicted octanol–water partition coefficient (Wildman–Crippen LogP) is -0.850. The summed E-state index contributed by atoms with van der Waals surface area (Å²) >= 11 is 0. The van der Waals surface area contributed by atoms with Gasteiger partial charge in [-0.25, -0.2) is 4.79 Å². The summed E-state index contributed by atoms with van der Waals surface area (Å²) in [5.41, 5.74) is 19.4. The second-order valence-electron chi connectivity index (χ2n) is 29.8. The first kappa shape index (κ1) is 94.7. The van der Waals surface area contributed by atoms with Crippen LogP contribution in [0.2, 0.25) is 0 Å². The number of likely N-dealkylation sites (tertiary alicyclic amines) is 1. The number of aliphatic hydroxyl groups is 1. The zero-order valence-corrected chi connectivity index (χ0v) is 65.6. The quantitative estimate of drug-likeness (QED) is 0.0306. The Morgan fingerprint density at radius 2 is 0.779 bits per heavy atom. The van der Waals surface area contributed by atoms with Crippen molar-refractivity contribution in [3.05, 3.63) is 102 Å². The minimum absolute atomic E-state index is 0.00730. The number of nitrogens with zero attached hydrogens (tertiary/aromatic N) is 1. The number of aliphatic carboxylic acids is 3. The fourth-order valence-corrected chi connectivity index (χ4v) is 12.6. The maximum absolute atomic E-state index is 15.0. The monoisotopic (exact) mass is 1580 g/mol. The van der Waals surface area contributed by atoms with E-state index in [1.165, 1.54) is 43.0 Å². The fourth-order valence-electron chi connectivity index (χ4n) is 12.6. The highest BCUT2D eigenvalue weighted by Crippen LogP contribution is 2.23. The van der Waals surface area contributed by atoms with E-state index >= 15 is 4.79 Å². The molecule has 13 atom stereocenters. The summed E-state index contributed by atoms with van der Waals surface area (Å²) in [7, 11) is 0. The van der Waals surface area contributed by atoms with Crippen molar-refractivity contribution >= 4 is 88.8 Å². The van der Waals surface area contributed by atoms with Gasteiger partial charge >= 0.3 is 17.9 Å². The van der Waals surface area contributed by atoms with E-state index in [1.54, 1.807) is 102 Å². The normalized spacial score (nSPS) is 15.9. The van der Waals surface area contributed by atoms with Crippen LogP contribution in [0.4, 0.5) is 0 Å². The van der Waals surface area contributed by atoms with Crippen molar-refractivity contribution in [3.8, 4) is 5.75 Å². The van der Waals surface area contributed by atoms with Gasteiger partial charge in [-0.1, -0.05) is 128 Å². The summed E-state index contributed by atoms with van der Waals surface area (Å²) < 4.78 is 0. The number of aliphatic hydroxyl groups excluding tert-OH is 1. The van der Waals surface area contributed by atoms with Gasteiger partial charge in [-0.2, -0.15) is 0 Å². The van der Waals surface area contributed by atoms with E-state index < -0.39 is 217 Å². The number of aromatic hydroxyl groups is 1. The molecule has 113 heavy (non-hydrogen) atoms. The molecule has 1 aliphatic heterocycles. The van der Waals surface area contributed by atoms with Crippen molar-refractivity contribution in [2.24, 2.45) is 40.9 Å². The zero-order valence-electron chi connectivity index (χ0n) is 65.6. The number of phenolic OH excluding ortho intramolecular Hbond substituents is 1. The van der Waals surface area contributed by atoms with Crippen molar-refractivity contribution in [2.45, 2.75) is 237 Å². The van der Waals surface area contributed by atoms with Crippen LogP contribution in [0.3, 0.4) is 0 Å². The summed E-state index contributed by atoms with van der Waals surface area (Å²) in [6.07, 6.45) is -1.05. The number of carbonyl (C=O) groups excluding carboxylic acids is 12. The Balaban J connectivity index is 1.61. The van der Waals surface area contributed by atoms with Crippen LogP contribution < -0.4 is 75.7 Å². The molecular weight excluding hydrogens is 1470 g/mol. The number of carbonyl (C=O) groups is 15. The Hall–Kier alpha value is -10.7. The number of hydrogen-bond donors (Lipinski definition) is 19.